The highest BCUT2D eigenvalue weighted by Crippen LogP contribution is 2.26. The number of nitro benzene ring substituents is 1. The van der Waals surface area contributed by atoms with Crippen LogP contribution in [0.1, 0.15) is 6.92 Å². The molecule has 0 amide bonds. The van der Waals surface area contributed by atoms with Crippen LogP contribution in [-0.4, -0.2) is 11.5 Å². The van der Waals surface area contributed by atoms with Crippen LogP contribution in [-0.2, 0) is 0 Å². The minimum absolute atomic E-state index is 0.0986. The Hall–Kier alpha value is -1.72. The fourth-order valence-corrected chi connectivity index (χ4v) is 1.35. The molecule has 5 nitrogen and oxygen atoms in total. The van der Waals surface area contributed by atoms with Crippen molar-refractivity contribution in [3.63, 3.8) is 0 Å². The third-order valence-corrected chi connectivity index (χ3v) is 2.41. The van der Waals surface area contributed by atoms with Crippen LogP contribution in [0.3, 0.4) is 0 Å². The zero-order valence-corrected chi connectivity index (χ0v) is 11.6. The van der Waals surface area contributed by atoms with E-state index in [2.05, 4.69) is 0 Å². The van der Waals surface area contributed by atoms with Crippen molar-refractivity contribution < 1.29 is 9.66 Å². The lowest BCUT2D eigenvalue weighted by molar-refractivity contribution is -0.384. The first-order valence-electron chi connectivity index (χ1n) is 5.25. The molecule has 0 aromatic heterocycles. The number of hydrogen-bond donors (Lipinski definition) is 1. The monoisotopic (exact) mass is 302 g/mol. The second-order valence-electron chi connectivity index (χ2n) is 3.74. The van der Waals surface area contributed by atoms with Gasteiger partial charge in [-0.1, -0.05) is 29.3 Å². The fourth-order valence-electron chi connectivity index (χ4n) is 1.22. The van der Waals surface area contributed by atoms with Crippen LogP contribution < -0.4 is 10.5 Å². The van der Waals surface area contributed by atoms with Gasteiger partial charge in [0.05, 0.1) is 11.0 Å². The normalized spacial score (nSPS) is 11.0. The van der Waals surface area contributed by atoms with Crippen LogP contribution in [0.25, 0.3) is 0 Å². The first-order valence-corrected chi connectivity index (χ1v) is 6.01. The summed E-state index contributed by atoms with van der Waals surface area (Å²) in [5.41, 5.74) is 6.26. The van der Waals surface area contributed by atoms with Crippen LogP contribution in [0.5, 0.6) is 5.75 Å². The quantitative estimate of drug-likeness (QED) is 0.388. The van der Waals surface area contributed by atoms with Gasteiger partial charge >= 0.3 is 0 Å². The number of anilines is 1. The van der Waals surface area contributed by atoms with E-state index in [4.69, 9.17) is 33.7 Å². The molecule has 0 heterocycles. The van der Waals surface area contributed by atoms with E-state index in [1.54, 1.807) is 12.1 Å². The van der Waals surface area contributed by atoms with Gasteiger partial charge in [0.1, 0.15) is 22.5 Å². The van der Waals surface area contributed by atoms with Gasteiger partial charge in [-0.3, -0.25) is 10.1 Å². The average molecular weight is 303 g/mol. The van der Waals surface area contributed by atoms with E-state index in [1.165, 1.54) is 18.2 Å². The number of rotatable bonds is 5. The third kappa shape index (κ3) is 5.19. The van der Waals surface area contributed by atoms with Gasteiger partial charge in [0.15, 0.2) is 0 Å². The number of halogens is 2. The molecule has 0 aliphatic heterocycles. The summed E-state index contributed by atoms with van der Waals surface area (Å²) >= 11 is 10.9. The summed E-state index contributed by atoms with van der Waals surface area (Å²) in [4.78, 5) is 10.2. The molecule has 19 heavy (non-hydrogen) atoms. The Balaban J connectivity index is 2.74. The minimum Gasteiger partial charge on any atom is -0.489 e. The number of nitrogens with two attached hydrogens (primary N) is 1. The van der Waals surface area contributed by atoms with Gasteiger partial charge in [-0.05, 0) is 30.7 Å². The maximum absolute atomic E-state index is 10.7. The number of ether oxygens (including phenoxy) is 1. The molecule has 0 fully saturated rings. The maximum Gasteiger partial charge on any atom is 0.295 e. The summed E-state index contributed by atoms with van der Waals surface area (Å²) < 4.78 is 5.54. The van der Waals surface area contributed by atoms with Crippen LogP contribution in [0.15, 0.2) is 40.4 Å². The van der Waals surface area contributed by atoms with Gasteiger partial charge in [-0.25, -0.2) is 0 Å². The summed E-state index contributed by atoms with van der Waals surface area (Å²) in [5.74, 6) is 0.370. The topological polar surface area (TPSA) is 78.4 Å². The van der Waals surface area contributed by atoms with Crippen molar-refractivity contribution in [1.29, 1.82) is 0 Å². The van der Waals surface area contributed by atoms with E-state index >= 15 is 0 Å². The second kappa shape index (κ2) is 7.01. The van der Waals surface area contributed by atoms with Crippen molar-refractivity contribution >= 4 is 34.6 Å². The second-order valence-corrected chi connectivity index (χ2v) is 4.74. The van der Waals surface area contributed by atoms with Gasteiger partial charge in [0.2, 0.25) is 0 Å². The molecule has 1 aromatic rings. The predicted octanol–water partition coefficient (Wildman–Crippen LogP) is 3.82. The van der Waals surface area contributed by atoms with Crippen LogP contribution in [0.2, 0.25) is 0 Å². The van der Waals surface area contributed by atoms with Crippen molar-refractivity contribution in [2.75, 3.05) is 12.3 Å². The largest absolute Gasteiger partial charge is 0.489 e. The van der Waals surface area contributed by atoms with Gasteiger partial charge in [-0.15, -0.1) is 0 Å². The molecule has 102 valence electrons. The fraction of sp³-hybridized carbons (Fsp3) is 0.167. The number of benzene rings is 1. The van der Waals surface area contributed by atoms with Crippen molar-refractivity contribution in [1.82, 2.24) is 0 Å². The number of hydrogen-bond acceptors (Lipinski definition) is 4. The molecule has 1 aromatic carbocycles. The molecule has 0 saturated carbocycles. The van der Waals surface area contributed by atoms with Gasteiger partial charge in [0, 0.05) is 0 Å². The minimum atomic E-state index is -0.555. The van der Waals surface area contributed by atoms with Crippen molar-refractivity contribution in [2.45, 2.75) is 6.92 Å². The Bertz CT molecular complexity index is 538. The van der Waals surface area contributed by atoms with E-state index in [9.17, 15) is 10.1 Å². The summed E-state index contributed by atoms with van der Waals surface area (Å²) in [7, 11) is 0. The molecule has 7 heteroatoms. The van der Waals surface area contributed by atoms with E-state index in [0.717, 1.165) is 5.57 Å². The molecule has 0 spiro atoms. The first-order chi connectivity index (χ1) is 8.90. The molecule has 0 atom stereocenters. The molecule has 2 N–H and O–H groups in total. The highest BCUT2D eigenvalue weighted by molar-refractivity contribution is 6.55. The highest BCUT2D eigenvalue weighted by Gasteiger charge is 2.12. The summed E-state index contributed by atoms with van der Waals surface area (Å²) in [6.45, 7) is 2.08. The average Bonchev–Trinajstić information content (AvgIpc) is 2.35. The van der Waals surface area contributed by atoms with Crippen LogP contribution in [0.4, 0.5) is 11.4 Å². The standard InChI is InChI=1S/C12H12Cl2N2O3/c1-8(2-5-12(13)14)7-19-9-3-4-10(15)11(6-9)16(17)18/h2-6H,7,15H2,1H3/b8-2+. The molecule has 1 rings (SSSR count). The molecule has 0 saturated heterocycles. The molecular weight excluding hydrogens is 291 g/mol. The number of allylic oxidation sites excluding steroid dienone is 2. The van der Waals surface area contributed by atoms with Gasteiger partial charge < -0.3 is 10.5 Å². The number of nitrogens with zero attached hydrogens (tertiary/aromatic N) is 1. The van der Waals surface area contributed by atoms with E-state index in [-0.39, 0.29) is 22.5 Å². The SMILES string of the molecule is C/C(=C\C=C(Cl)Cl)COc1ccc(N)c([N+](=O)[O-])c1. The Morgan fingerprint density at radius 2 is 2.16 bits per heavy atom. The lowest BCUT2D eigenvalue weighted by atomic mass is 10.2. The lowest BCUT2D eigenvalue weighted by Crippen LogP contribution is -2.01. The van der Waals surface area contributed by atoms with Crippen LogP contribution in [0, 0.1) is 10.1 Å². The molecule has 0 radical (unpaired) electrons. The zero-order chi connectivity index (χ0) is 14.4. The Morgan fingerprint density at radius 1 is 1.47 bits per heavy atom. The summed E-state index contributed by atoms with van der Waals surface area (Å²) in [6.07, 6.45) is 3.22. The molecular formula is C12H12Cl2N2O3. The van der Waals surface area contributed by atoms with E-state index < -0.39 is 4.92 Å². The maximum atomic E-state index is 10.7. The van der Waals surface area contributed by atoms with Crippen molar-refractivity contribution in [3.05, 3.63) is 50.5 Å². The summed E-state index contributed by atoms with van der Waals surface area (Å²) in [6, 6.07) is 4.29. The number of nitro groups is 1. The third-order valence-electron chi connectivity index (χ3n) is 2.16. The van der Waals surface area contributed by atoms with Crippen LogP contribution >= 0.6 is 23.2 Å². The highest BCUT2D eigenvalue weighted by atomic mass is 35.5. The molecule has 0 bridgehead atoms. The molecule has 0 aliphatic carbocycles. The Labute approximate surface area is 120 Å². The predicted molar refractivity (Wildman–Crippen MR) is 76.5 cm³/mol. The van der Waals surface area contributed by atoms with Gasteiger partial charge in [0.25, 0.3) is 5.69 Å². The van der Waals surface area contributed by atoms with E-state index in [1.807, 2.05) is 6.92 Å². The zero-order valence-electron chi connectivity index (χ0n) is 10.1. The Kier molecular flexibility index (Phi) is 5.66. The first kappa shape index (κ1) is 15.3. The van der Waals surface area contributed by atoms with Crippen molar-refractivity contribution in [3.8, 4) is 5.75 Å². The smallest absolute Gasteiger partial charge is 0.295 e. The molecule has 0 aliphatic rings. The lowest BCUT2D eigenvalue weighted by Gasteiger charge is -2.06. The Morgan fingerprint density at radius 3 is 2.74 bits per heavy atom. The van der Waals surface area contributed by atoms with Gasteiger partial charge in [-0.2, -0.15) is 0 Å². The van der Waals surface area contributed by atoms with Crippen molar-refractivity contribution in [2.24, 2.45) is 0 Å². The number of nitrogen functional groups attached to an aromatic ring is 1. The van der Waals surface area contributed by atoms with E-state index in [0.29, 0.717) is 5.75 Å². The summed E-state index contributed by atoms with van der Waals surface area (Å²) in [5, 5.41) is 10.7. The molecule has 0 unspecified atom stereocenters.